The minimum Gasteiger partial charge on any atom is -0.352 e. The Balaban J connectivity index is 1.94. The molecule has 22 heavy (non-hydrogen) atoms. The lowest BCUT2D eigenvalue weighted by Crippen LogP contribution is -2.20. The molecule has 0 fully saturated rings. The Kier molecular flexibility index (Phi) is 3.35. The molecule has 0 atom stereocenters. The maximum absolute atomic E-state index is 12.8. The molecular formula is C12H10F3N7. The highest BCUT2D eigenvalue weighted by molar-refractivity contribution is 5.45. The van der Waals surface area contributed by atoms with Gasteiger partial charge < -0.3 is 4.90 Å². The molecule has 3 aromatic rings. The van der Waals surface area contributed by atoms with Crippen LogP contribution in [0, 0.1) is 0 Å². The molecule has 0 aromatic carbocycles. The molecule has 3 heterocycles. The Morgan fingerprint density at radius 1 is 1.18 bits per heavy atom. The first-order valence-electron chi connectivity index (χ1n) is 6.21. The Morgan fingerprint density at radius 3 is 2.68 bits per heavy atom. The van der Waals surface area contributed by atoms with Gasteiger partial charge in [0.05, 0.1) is 18.4 Å². The molecule has 10 heteroatoms. The number of hydrogen-bond donors (Lipinski definition) is 0. The summed E-state index contributed by atoms with van der Waals surface area (Å²) < 4.78 is 39.2. The monoisotopic (exact) mass is 309 g/mol. The van der Waals surface area contributed by atoms with Gasteiger partial charge in [0.2, 0.25) is 0 Å². The van der Waals surface area contributed by atoms with Crippen LogP contribution in [0.25, 0.3) is 5.65 Å². The predicted octanol–water partition coefficient (Wildman–Crippen LogP) is 1.57. The zero-order valence-corrected chi connectivity index (χ0v) is 11.4. The Bertz CT molecular complexity index is 784. The molecule has 0 aliphatic rings. The van der Waals surface area contributed by atoms with E-state index >= 15 is 0 Å². The van der Waals surface area contributed by atoms with Crippen LogP contribution in [0.15, 0.2) is 30.7 Å². The maximum atomic E-state index is 12.8. The van der Waals surface area contributed by atoms with Crippen molar-refractivity contribution in [1.82, 2.24) is 29.8 Å². The molecule has 0 saturated heterocycles. The summed E-state index contributed by atoms with van der Waals surface area (Å²) in [6.07, 6.45) is 0.0470. The van der Waals surface area contributed by atoms with E-state index in [2.05, 4.69) is 25.3 Å². The maximum Gasteiger partial charge on any atom is 0.453 e. The molecular weight excluding hydrogens is 299 g/mol. The second-order valence-electron chi connectivity index (χ2n) is 4.54. The summed E-state index contributed by atoms with van der Waals surface area (Å²) >= 11 is 0. The quantitative estimate of drug-likeness (QED) is 0.731. The summed E-state index contributed by atoms with van der Waals surface area (Å²) in [5, 5.41) is 10.5. The van der Waals surface area contributed by atoms with Gasteiger partial charge in [-0.25, -0.2) is 0 Å². The van der Waals surface area contributed by atoms with Crippen molar-refractivity contribution in [3.63, 3.8) is 0 Å². The van der Waals surface area contributed by atoms with Gasteiger partial charge in [-0.2, -0.15) is 17.7 Å². The van der Waals surface area contributed by atoms with Crippen LogP contribution in [0.1, 0.15) is 11.5 Å². The number of nitrogens with zero attached hydrogens (tertiary/aromatic N) is 7. The first-order valence-corrected chi connectivity index (χ1v) is 6.21. The fourth-order valence-electron chi connectivity index (χ4n) is 1.90. The van der Waals surface area contributed by atoms with Crippen LogP contribution < -0.4 is 4.90 Å². The van der Waals surface area contributed by atoms with Crippen molar-refractivity contribution < 1.29 is 13.2 Å². The fraction of sp³-hybridized carbons (Fsp3) is 0.250. The topological polar surface area (TPSA) is 72.1 Å². The average Bonchev–Trinajstić information content (AvgIpc) is 2.91. The van der Waals surface area contributed by atoms with Gasteiger partial charge >= 0.3 is 6.18 Å². The van der Waals surface area contributed by atoms with Gasteiger partial charge in [0.15, 0.2) is 5.65 Å². The standard InChI is InChI=1S/C12H10F3N7/c1-21(7-8-6-16-4-5-17-8)10-3-2-9-18-19-11(12(13,14)15)22(9)20-10/h2-6H,7H2,1H3. The van der Waals surface area contributed by atoms with Gasteiger partial charge in [0.25, 0.3) is 5.82 Å². The Morgan fingerprint density at radius 2 is 2.00 bits per heavy atom. The van der Waals surface area contributed by atoms with Crippen molar-refractivity contribution >= 4 is 11.5 Å². The SMILES string of the molecule is CN(Cc1cnccn1)c1ccc2nnc(C(F)(F)F)n2n1. The molecule has 0 saturated carbocycles. The normalized spacial score (nSPS) is 11.8. The van der Waals surface area contributed by atoms with Crippen molar-refractivity contribution in [1.29, 1.82) is 0 Å². The highest BCUT2D eigenvalue weighted by atomic mass is 19.4. The highest BCUT2D eigenvalue weighted by Crippen LogP contribution is 2.27. The third-order valence-corrected chi connectivity index (χ3v) is 2.91. The third kappa shape index (κ3) is 2.67. The van der Waals surface area contributed by atoms with Gasteiger partial charge in [-0.05, 0) is 12.1 Å². The number of fused-ring (bicyclic) bond motifs is 1. The number of alkyl halides is 3. The van der Waals surface area contributed by atoms with Gasteiger partial charge in [-0.15, -0.1) is 15.3 Å². The van der Waals surface area contributed by atoms with Crippen molar-refractivity contribution in [3.8, 4) is 0 Å². The van der Waals surface area contributed by atoms with Gasteiger partial charge in [-0.1, -0.05) is 0 Å². The molecule has 0 aliphatic carbocycles. The molecule has 3 rings (SSSR count). The zero-order chi connectivity index (χ0) is 15.7. The first-order chi connectivity index (χ1) is 10.4. The predicted molar refractivity (Wildman–Crippen MR) is 69.9 cm³/mol. The molecule has 0 radical (unpaired) electrons. The summed E-state index contributed by atoms with van der Waals surface area (Å²) in [7, 11) is 1.69. The van der Waals surface area contributed by atoms with Gasteiger partial charge in [-0.3, -0.25) is 9.97 Å². The van der Waals surface area contributed by atoms with Crippen LogP contribution in [-0.4, -0.2) is 36.8 Å². The van der Waals surface area contributed by atoms with E-state index in [9.17, 15) is 13.2 Å². The second kappa shape index (κ2) is 5.20. The number of hydrogen-bond acceptors (Lipinski definition) is 6. The van der Waals surface area contributed by atoms with E-state index in [-0.39, 0.29) is 5.65 Å². The van der Waals surface area contributed by atoms with Crippen molar-refractivity contribution in [2.45, 2.75) is 12.7 Å². The van der Waals surface area contributed by atoms with Crippen molar-refractivity contribution in [2.75, 3.05) is 11.9 Å². The minimum absolute atomic E-state index is 0.0315. The molecule has 0 bridgehead atoms. The minimum atomic E-state index is -4.62. The van der Waals surface area contributed by atoms with Crippen LogP contribution in [-0.2, 0) is 12.7 Å². The summed E-state index contributed by atoms with van der Waals surface area (Å²) in [4.78, 5) is 9.70. The van der Waals surface area contributed by atoms with E-state index in [0.29, 0.717) is 22.6 Å². The second-order valence-corrected chi connectivity index (χ2v) is 4.54. The van der Waals surface area contributed by atoms with Crippen LogP contribution in [0.4, 0.5) is 19.0 Å². The zero-order valence-electron chi connectivity index (χ0n) is 11.4. The summed E-state index contributed by atoms with van der Waals surface area (Å²) in [5.41, 5.74) is 0.704. The highest BCUT2D eigenvalue weighted by Gasteiger charge is 2.37. The number of rotatable bonds is 3. The molecule has 0 spiro atoms. The number of anilines is 1. The molecule has 3 aromatic heterocycles. The van der Waals surface area contributed by atoms with Crippen LogP contribution in [0.5, 0.6) is 0 Å². The molecule has 0 aliphatic heterocycles. The summed E-state index contributed by atoms with van der Waals surface area (Å²) in [6.45, 7) is 0.357. The lowest BCUT2D eigenvalue weighted by molar-refractivity contribution is -0.146. The lowest BCUT2D eigenvalue weighted by atomic mass is 10.4. The van der Waals surface area contributed by atoms with Crippen molar-refractivity contribution in [3.05, 3.63) is 42.2 Å². The summed E-state index contributed by atoms with van der Waals surface area (Å²) in [5.74, 6) is -0.819. The van der Waals surface area contributed by atoms with Crippen molar-refractivity contribution in [2.24, 2.45) is 0 Å². The summed E-state index contributed by atoms with van der Waals surface area (Å²) in [6, 6.07) is 3.00. The molecule has 0 N–H and O–H groups in total. The molecule has 7 nitrogen and oxygen atoms in total. The van der Waals surface area contributed by atoms with E-state index < -0.39 is 12.0 Å². The van der Waals surface area contributed by atoms with E-state index in [0.717, 1.165) is 0 Å². The Labute approximate surface area is 122 Å². The van der Waals surface area contributed by atoms with E-state index in [4.69, 9.17) is 0 Å². The first kappa shape index (κ1) is 14.2. The number of halogens is 3. The average molecular weight is 309 g/mol. The van der Waals surface area contributed by atoms with Crippen LogP contribution in [0.2, 0.25) is 0 Å². The van der Waals surface area contributed by atoms with Gasteiger partial charge in [0, 0.05) is 19.4 Å². The van der Waals surface area contributed by atoms with Crippen LogP contribution in [0.3, 0.4) is 0 Å². The van der Waals surface area contributed by atoms with E-state index in [1.165, 1.54) is 6.07 Å². The lowest BCUT2D eigenvalue weighted by Gasteiger charge is -2.17. The number of aromatic nitrogens is 6. The molecule has 0 amide bonds. The van der Waals surface area contributed by atoms with Crippen LogP contribution >= 0.6 is 0 Å². The smallest absolute Gasteiger partial charge is 0.352 e. The fourth-order valence-corrected chi connectivity index (χ4v) is 1.90. The van der Waals surface area contributed by atoms with E-state index in [1.54, 1.807) is 36.6 Å². The van der Waals surface area contributed by atoms with Gasteiger partial charge in [0.1, 0.15) is 5.82 Å². The van der Waals surface area contributed by atoms with E-state index in [1.807, 2.05) is 0 Å². The third-order valence-electron chi connectivity index (χ3n) is 2.91. The largest absolute Gasteiger partial charge is 0.453 e. The molecule has 114 valence electrons. The molecule has 0 unspecified atom stereocenters. The Hall–Kier alpha value is -2.78.